The lowest BCUT2D eigenvalue weighted by Crippen LogP contribution is -2.31. The largest absolute Gasteiger partial charge is 0.494 e. The minimum Gasteiger partial charge on any atom is -0.494 e. The zero-order chi connectivity index (χ0) is 20.3. The third-order valence-electron chi connectivity index (χ3n) is 4.67. The molecule has 1 aliphatic heterocycles. The Bertz CT molecular complexity index is 986. The standard InChI is InChI=1S/C20H19FN2O5/c1-12-16(9-22)19(25)23(10-15-3-2-8-27-15)20(26)18(12)17(24)11-28-14-6-4-13(21)5-7-14/h4-7,15,26H,2-3,8,10-11H2,1H3. The number of halogens is 1. The van der Waals surface area contributed by atoms with Crippen LogP contribution < -0.4 is 10.3 Å². The van der Waals surface area contributed by atoms with Gasteiger partial charge in [0.25, 0.3) is 5.56 Å². The summed E-state index contributed by atoms with van der Waals surface area (Å²) in [5.74, 6) is -1.27. The highest BCUT2D eigenvalue weighted by Gasteiger charge is 2.26. The number of rotatable bonds is 6. The van der Waals surface area contributed by atoms with Gasteiger partial charge in [-0.15, -0.1) is 0 Å². The molecule has 1 fully saturated rings. The molecule has 0 bridgehead atoms. The van der Waals surface area contributed by atoms with Crippen LogP contribution in [-0.4, -0.2) is 34.8 Å². The summed E-state index contributed by atoms with van der Waals surface area (Å²) in [6.45, 7) is 1.61. The van der Waals surface area contributed by atoms with Gasteiger partial charge < -0.3 is 14.6 Å². The van der Waals surface area contributed by atoms with Gasteiger partial charge >= 0.3 is 0 Å². The Morgan fingerprint density at radius 3 is 2.75 bits per heavy atom. The molecule has 2 heterocycles. The van der Waals surface area contributed by atoms with E-state index in [1.54, 1.807) is 0 Å². The van der Waals surface area contributed by atoms with E-state index in [4.69, 9.17) is 9.47 Å². The number of pyridine rings is 1. The van der Waals surface area contributed by atoms with E-state index in [1.165, 1.54) is 31.2 Å². The molecule has 146 valence electrons. The van der Waals surface area contributed by atoms with E-state index in [0.717, 1.165) is 17.4 Å². The molecule has 0 radical (unpaired) electrons. The van der Waals surface area contributed by atoms with Gasteiger partial charge in [-0.1, -0.05) is 0 Å². The van der Waals surface area contributed by atoms with E-state index >= 15 is 0 Å². The number of ether oxygens (including phenoxy) is 2. The van der Waals surface area contributed by atoms with Gasteiger partial charge in [0.15, 0.2) is 6.61 Å². The van der Waals surface area contributed by atoms with Crippen LogP contribution in [0.2, 0.25) is 0 Å². The van der Waals surface area contributed by atoms with Crippen LogP contribution in [0.3, 0.4) is 0 Å². The van der Waals surface area contributed by atoms with Crippen LogP contribution >= 0.6 is 0 Å². The first-order valence-electron chi connectivity index (χ1n) is 8.82. The molecule has 3 rings (SSSR count). The van der Waals surface area contributed by atoms with Crippen molar-refractivity contribution >= 4 is 5.78 Å². The summed E-state index contributed by atoms with van der Waals surface area (Å²) in [6.07, 6.45) is 1.30. The third kappa shape index (κ3) is 3.89. The average molecular weight is 386 g/mol. The second-order valence-corrected chi connectivity index (χ2v) is 6.53. The van der Waals surface area contributed by atoms with E-state index in [1.807, 2.05) is 6.07 Å². The Morgan fingerprint density at radius 1 is 1.43 bits per heavy atom. The molecule has 1 saturated heterocycles. The molecule has 0 amide bonds. The number of nitriles is 1. The summed E-state index contributed by atoms with van der Waals surface area (Å²) in [4.78, 5) is 25.2. The van der Waals surface area contributed by atoms with Gasteiger partial charge in [-0.2, -0.15) is 5.26 Å². The quantitative estimate of drug-likeness (QED) is 0.765. The maximum atomic E-state index is 13.0. The maximum Gasteiger partial charge on any atom is 0.271 e. The Morgan fingerprint density at radius 2 is 2.14 bits per heavy atom. The maximum absolute atomic E-state index is 13.0. The van der Waals surface area contributed by atoms with E-state index in [2.05, 4.69) is 0 Å². The van der Waals surface area contributed by atoms with Crippen molar-refractivity contribution in [3.05, 3.63) is 57.1 Å². The van der Waals surface area contributed by atoms with Gasteiger partial charge in [-0.25, -0.2) is 4.39 Å². The number of carbonyl (C=O) groups is 1. The molecule has 1 aromatic heterocycles. The predicted molar refractivity (Wildman–Crippen MR) is 97.0 cm³/mol. The number of carbonyl (C=O) groups excluding carboxylic acids is 1. The normalized spacial score (nSPS) is 16.0. The first-order chi connectivity index (χ1) is 13.4. The van der Waals surface area contributed by atoms with Crippen LogP contribution in [0.5, 0.6) is 11.6 Å². The van der Waals surface area contributed by atoms with Crippen molar-refractivity contribution in [3.63, 3.8) is 0 Å². The SMILES string of the molecule is Cc1c(C(=O)COc2ccc(F)cc2)c(O)n(CC2CCCO2)c(=O)c1C#N. The number of benzene rings is 1. The van der Waals surface area contributed by atoms with Crippen molar-refractivity contribution < 1.29 is 23.8 Å². The highest BCUT2D eigenvalue weighted by Crippen LogP contribution is 2.25. The fourth-order valence-electron chi connectivity index (χ4n) is 3.20. The van der Waals surface area contributed by atoms with Gasteiger partial charge in [0.1, 0.15) is 23.2 Å². The molecule has 8 heteroatoms. The molecule has 1 aromatic carbocycles. The number of Topliss-reactive ketones (excluding diaryl/α,β-unsaturated/α-hetero) is 1. The van der Waals surface area contributed by atoms with Crippen molar-refractivity contribution in [1.82, 2.24) is 4.57 Å². The number of ketones is 1. The molecule has 1 unspecified atom stereocenters. The molecule has 28 heavy (non-hydrogen) atoms. The van der Waals surface area contributed by atoms with Gasteiger partial charge in [-0.05, 0) is 49.6 Å². The first-order valence-corrected chi connectivity index (χ1v) is 8.82. The molecule has 1 N–H and O–H groups in total. The number of aromatic hydroxyl groups is 1. The molecule has 0 saturated carbocycles. The minimum atomic E-state index is -0.663. The van der Waals surface area contributed by atoms with Gasteiger partial charge in [0, 0.05) is 6.61 Å². The van der Waals surface area contributed by atoms with E-state index < -0.39 is 29.6 Å². The van der Waals surface area contributed by atoms with Crippen LogP contribution in [0, 0.1) is 24.1 Å². The second-order valence-electron chi connectivity index (χ2n) is 6.53. The highest BCUT2D eigenvalue weighted by atomic mass is 19.1. The van der Waals surface area contributed by atoms with Gasteiger partial charge in [0.2, 0.25) is 11.7 Å². The summed E-state index contributed by atoms with van der Waals surface area (Å²) in [5.41, 5.74) is -0.914. The summed E-state index contributed by atoms with van der Waals surface area (Å²) >= 11 is 0. The Hall–Kier alpha value is -3.18. The fraction of sp³-hybridized carbons (Fsp3) is 0.350. The van der Waals surface area contributed by atoms with Crippen molar-refractivity contribution in [2.75, 3.05) is 13.2 Å². The van der Waals surface area contributed by atoms with Crippen molar-refractivity contribution in [1.29, 1.82) is 5.26 Å². The van der Waals surface area contributed by atoms with Crippen LogP contribution in [-0.2, 0) is 11.3 Å². The number of aromatic nitrogens is 1. The zero-order valence-corrected chi connectivity index (χ0v) is 15.3. The van der Waals surface area contributed by atoms with Crippen molar-refractivity contribution in [3.8, 4) is 17.7 Å². The van der Waals surface area contributed by atoms with E-state index in [0.29, 0.717) is 6.61 Å². The molecule has 1 aliphatic rings. The van der Waals surface area contributed by atoms with Crippen LogP contribution in [0.1, 0.15) is 34.3 Å². The van der Waals surface area contributed by atoms with Crippen LogP contribution in [0.25, 0.3) is 0 Å². The van der Waals surface area contributed by atoms with Gasteiger partial charge in [0.05, 0.1) is 18.2 Å². The Balaban J connectivity index is 1.92. The highest BCUT2D eigenvalue weighted by molar-refractivity contribution is 6.01. The van der Waals surface area contributed by atoms with Crippen LogP contribution in [0.15, 0.2) is 29.1 Å². The average Bonchev–Trinajstić information content (AvgIpc) is 3.18. The molecule has 7 nitrogen and oxygen atoms in total. The first kappa shape index (κ1) is 19.6. The monoisotopic (exact) mass is 386 g/mol. The zero-order valence-electron chi connectivity index (χ0n) is 15.3. The molecule has 0 spiro atoms. The lowest BCUT2D eigenvalue weighted by molar-refractivity contribution is 0.0894. The lowest BCUT2D eigenvalue weighted by atomic mass is 10.0. The summed E-state index contributed by atoms with van der Waals surface area (Å²) in [7, 11) is 0. The van der Waals surface area contributed by atoms with E-state index in [9.17, 15) is 24.3 Å². The molecular weight excluding hydrogens is 367 g/mol. The van der Waals surface area contributed by atoms with Crippen molar-refractivity contribution in [2.45, 2.75) is 32.4 Å². The smallest absolute Gasteiger partial charge is 0.271 e. The topological polar surface area (TPSA) is 102 Å². The summed E-state index contributed by atoms with van der Waals surface area (Å²) < 4.78 is 24.8. The van der Waals surface area contributed by atoms with Gasteiger partial charge in [-0.3, -0.25) is 14.2 Å². The predicted octanol–water partition coefficient (Wildman–Crippen LogP) is 2.31. The Labute approximate surface area is 160 Å². The lowest BCUT2D eigenvalue weighted by Gasteiger charge is -2.18. The molecule has 0 aliphatic carbocycles. The second kappa shape index (κ2) is 8.23. The molecule has 1 atom stereocenters. The van der Waals surface area contributed by atoms with E-state index in [-0.39, 0.29) is 35.1 Å². The minimum absolute atomic E-state index is 0.0543. The number of hydrogen-bond donors (Lipinski definition) is 1. The van der Waals surface area contributed by atoms with Crippen molar-refractivity contribution in [2.24, 2.45) is 0 Å². The number of nitrogens with zero attached hydrogens (tertiary/aromatic N) is 2. The third-order valence-corrected chi connectivity index (χ3v) is 4.67. The molecular formula is C20H19FN2O5. The molecule has 2 aromatic rings. The van der Waals surface area contributed by atoms with Crippen LogP contribution in [0.4, 0.5) is 4.39 Å². The fourth-order valence-corrected chi connectivity index (χ4v) is 3.20. The summed E-state index contributed by atoms with van der Waals surface area (Å²) in [6, 6.07) is 6.94. The Kier molecular flexibility index (Phi) is 5.76. The summed E-state index contributed by atoms with van der Waals surface area (Å²) in [5, 5.41) is 20.0. The number of hydrogen-bond acceptors (Lipinski definition) is 6.